The van der Waals surface area contributed by atoms with Gasteiger partial charge in [-0.05, 0) is 104 Å². The van der Waals surface area contributed by atoms with Crippen LogP contribution in [0, 0.1) is 50.2 Å². The molecule has 266 valence electrons. The summed E-state index contributed by atoms with van der Waals surface area (Å²) in [7, 11) is 0. The number of carbonyl (C=O) groups excluding carboxylic acids is 1. The third kappa shape index (κ3) is 4.69. The summed E-state index contributed by atoms with van der Waals surface area (Å²) in [6.07, 6.45) is -2.08. The smallest absolute Gasteiger partial charge is 0.315 e. The Hall–Kier alpha value is -1.60. The van der Waals surface area contributed by atoms with E-state index in [0.717, 1.165) is 19.3 Å². The van der Waals surface area contributed by atoms with Gasteiger partial charge in [-0.1, -0.05) is 46.3 Å². The predicted octanol–water partition coefficient (Wildman–Crippen LogP) is 2.53. The molecule has 1 heterocycles. The van der Waals surface area contributed by atoms with Crippen molar-refractivity contribution in [3.63, 3.8) is 0 Å². The largest absolute Gasteiger partial charge is 0.481 e. The number of hydrogen-bond acceptors (Lipinski definition) is 10. The molecule has 15 unspecified atom stereocenters. The first-order chi connectivity index (χ1) is 21.7. The maximum Gasteiger partial charge on any atom is 0.315 e. The maximum atomic E-state index is 14.4. The van der Waals surface area contributed by atoms with Gasteiger partial charge in [0.15, 0.2) is 0 Å². The normalized spacial score (nSPS) is 53.7. The Balaban J connectivity index is 1.37. The van der Waals surface area contributed by atoms with Gasteiger partial charge in [-0.2, -0.15) is 0 Å². The summed E-state index contributed by atoms with van der Waals surface area (Å²) >= 11 is 0. The van der Waals surface area contributed by atoms with Gasteiger partial charge in [-0.3, -0.25) is 9.59 Å². The number of carboxylic acids is 1. The van der Waals surface area contributed by atoms with Crippen LogP contribution < -0.4 is 0 Å². The fourth-order valence-corrected chi connectivity index (χ4v) is 12.1. The van der Waals surface area contributed by atoms with Crippen LogP contribution in [-0.2, 0) is 19.1 Å². The molecule has 7 N–H and O–H groups in total. The second-order valence-electron chi connectivity index (χ2n) is 17.8. The molecule has 6 rings (SSSR count). The predicted molar refractivity (Wildman–Crippen MR) is 168 cm³/mol. The average molecular weight is 665 g/mol. The number of carboxylic acid groups (broad SMARTS) is 1. The van der Waals surface area contributed by atoms with Crippen molar-refractivity contribution in [1.82, 2.24) is 0 Å². The summed E-state index contributed by atoms with van der Waals surface area (Å²) in [5, 5.41) is 73.5. The number of esters is 1. The van der Waals surface area contributed by atoms with Crippen LogP contribution in [0.5, 0.6) is 0 Å². The molecule has 0 amide bonds. The Kier molecular flexibility index (Phi) is 8.40. The number of carbonyl (C=O) groups is 2. The van der Waals surface area contributed by atoms with Gasteiger partial charge in [-0.15, -0.1) is 0 Å². The van der Waals surface area contributed by atoms with Crippen LogP contribution in [0.1, 0.15) is 99.3 Å². The zero-order valence-corrected chi connectivity index (χ0v) is 28.7. The molecule has 1 aliphatic heterocycles. The van der Waals surface area contributed by atoms with Crippen LogP contribution >= 0.6 is 0 Å². The Labute approximate surface area is 277 Å². The van der Waals surface area contributed by atoms with E-state index in [2.05, 4.69) is 40.7 Å². The average Bonchev–Trinajstić information content (AvgIpc) is 3.00. The number of ether oxygens (including phenoxy) is 2. The van der Waals surface area contributed by atoms with Crippen LogP contribution in [-0.4, -0.2) is 97.2 Å². The van der Waals surface area contributed by atoms with Gasteiger partial charge in [0.25, 0.3) is 0 Å². The lowest BCUT2D eigenvalue weighted by atomic mass is 9.33. The molecule has 0 radical (unpaired) electrons. The SMILES string of the molecule is CC1(C)CCC2(C(=O)OC3OC(CO)C(O)C(O)C3O)CCC3(C)C(=CCC4C5(C)CC(O)C(O)C(C)(C(=O)O)C5CCC43C)C2C1. The molecule has 6 aliphatic rings. The van der Waals surface area contributed by atoms with Gasteiger partial charge >= 0.3 is 11.9 Å². The zero-order valence-electron chi connectivity index (χ0n) is 28.7. The Bertz CT molecular complexity index is 1310. The maximum absolute atomic E-state index is 14.4. The molecule has 0 aromatic carbocycles. The molecular weight excluding hydrogens is 608 g/mol. The first-order valence-electron chi connectivity index (χ1n) is 17.6. The van der Waals surface area contributed by atoms with Crippen molar-refractivity contribution in [2.75, 3.05) is 6.61 Å². The van der Waals surface area contributed by atoms with Gasteiger partial charge in [-0.25, -0.2) is 0 Å². The molecule has 5 fully saturated rings. The molecule has 0 spiro atoms. The number of rotatable bonds is 4. The molecule has 0 bridgehead atoms. The van der Waals surface area contributed by atoms with Crippen molar-refractivity contribution < 1.29 is 54.8 Å². The summed E-state index contributed by atoms with van der Waals surface area (Å²) in [6, 6.07) is 0. The topological polar surface area (TPSA) is 194 Å². The summed E-state index contributed by atoms with van der Waals surface area (Å²) in [5.41, 5.74) is -2.31. The van der Waals surface area contributed by atoms with E-state index in [9.17, 15) is 45.3 Å². The van der Waals surface area contributed by atoms with E-state index in [0.29, 0.717) is 38.5 Å². The number of aliphatic carboxylic acids is 1. The quantitative estimate of drug-likeness (QED) is 0.172. The zero-order chi connectivity index (χ0) is 34.7. The Morgan fingerprint density at radius 2 is 1.53 bits per heavy atom. The van der Waals surface area contributed by atoms with Gasteiger partial charge in [0.2, 0.25) is 6.29 Å². The fourth-order valence-electron chi connectivity index (χ4n) is 12.1. The first kappa shape index (κ1) is 35.2. The van der Waals surface area contributed by atoms with Crippen LogP contribution in [0.15, 0.2) is 11.6 Å². The Morgan fingerprint density at radius 3 is 2.17 bits per heavy atom. The third-order valence-electron chi connectivity index (χ3n) is 15.2. The summed E-state index contributed by atoms with van der Waals surface area (Å²) in [5.74, 6) is -2.00. The second kappa shape index (κ2) is 11.2. The van der Waals surface area contributed by atoms with Gasteiger partial charge in [0.05, 0.1) is 29.6 Å². The lowest BCUT2D eigenvalue weighted by molar-refractivity contribution is -0.297. The van der Waals surface area contributed by atoms with Crippen molar-refractivity contribution in [2.24, 2.45) is 50.2 Å². The lowest BCUT2D eigenvalue weighted by Gasteiger charge is -2.71. The number of aliphatic hydroxyl groups is 6. The lowest BCUT2D eigenvalue weighted by Crippen LogP contribution is -2.69. The highest BCUT2D eigenvalue weighted by atomic mass is 16.7. The van der Waals surface area contributed by atoms with E-state index < -0.39 is 77.7 Å². The minimum atomic E-state index is -1.68. The molecule has 11 heteroatoms. The van der Waals surface area contributed by atoms with Crippen molar-refractivity contribution in [1.29, 1.82) is 0 Å². The van der Waals surface area contributed by atoms with E-state index >= 15 is 0 Å². The van der Waals surface area contributed by atoms with Crippen LogP contribution in [0.3, 0.4) is 0 Å². The van der Waals surface area contributed by atoms with Crippen molar-refractivity contribution in [3.05, 3.63) is 11.6 Å². The number of allylic oxidation sites excluding steroid dienone is 2. The molecule has 11 nitrogen and oxygen atoms in total. The highest BCUT2D eigenvalue weighted by Gasteiger charge is 2.72. The minimum absolute atomic E-state index is 0.0495. The molecule has 0 aromatic heterocycles. The van der Waals surface area contributed by atoms with Gasteiger partial charge < -0.3 is 45.2 Å². The van der Waals surface area contributed by atoms with Gasteiger partial charge in [0.1, 0.15) is 24.4 Å². The van der Waals surface area contributed by atoms with E-state index in [1.54, 1.807) is 6.92 Å². The third-order valence-corrected chi connectivity index (χ3v) is 15.2. The van der Waals surface area contributed by atoms with Crippen LogP contribution in [0.4, 0.5) is 0 Å². The second-order valence-corrected chi connectivity index (χ2v) is 17.8. The number of aliphatic hydroxyl groups excluding tert-OH is 6. The van der Waals surface area contributed by atoms with Crippen molar-refractivity contribution >= 4 is 11.9 Å². The van der Waals surface area contributed by atoms with E-state index in [1.807, 2.05) is 0 Å². The van der Waals surface area contributed by atoms with Crippen molar-refractivity contribution in [3.8, 4) is 0 Å². The fraction of sp³-hybridized carbons (Fsp3) is 0.889. The first-order valence-corrected chi connectivity index (χ1v) is 17.6. The molecule has 0 aromatic rings. The summed E-state index contributed by atoms with van der Waals surface area (Å²) in [6.45, 7) is 12.1. The number of hydrogen-bond donors (Lipinski definition) is 7. The summed E-state index contributed by atoms with van der Waals surface area (Å²) in [4.78, 5) is 27.1. The van der Waals surface area contributed by atoms with Crippen LogP contribution in [0.25, 0.3) is 0 Å². The monoisotopic (exact) mass is 664 g/mol. The van der Waals surface area contributed by atoms with Crippen molar-refractivity contribution in [2.45, 2.75) is 142 Å². The summed E-state index contributed by atoms with van der Waals surface area (Å²) < 4.78 is 11.5. The Morgan fingerprint density at radius 1 is 0.872 bits per heavy atom. The molecule has 15 atom stereocenters. The highest BCUT2D eigenvalue weighted by Crippen LogP contribution is 2.76. The van der Waals surface area contributed by atoms with E-state index in [4.69, 9.17) is 9.47 Å². The molecule has 1 saturated heterocycles. The standard InChI is InChI=1S/C36H56O11/c1-31(2)11-13-36(30(45)47-28-26(41)25(40)24(39)21(17-37)46-28)14-12-33(4)18(19(36)15-31)7-8-22-32(3)16-20(38)27(42)35(6,29(43)44)23(32)9-10-34(22,33)5/h7,19-28,37-42H,8-17H2,1-6H3,(H,43,44). The molecule has 5 aliphatic carbocycles. The minimum Gasteiger partial charge on any atom is -0.481 e. The van der Waals surface area contributed by atoms with Gasteiger partial charge in [0, 0.05) is 0 Å². The number of fused-ring (bicyclic) bond motifs is 7. The van der Waals surface area contributed by atoms with Crippen LogP contribution in [0.2, 0.25) is 0 Å². The van der Waals surface area contributed by atoms with E-state index in [-0.39, 0.29) is 34.0 Å². The highest BCUT2D eigenvalue weighted by molar-refractivity contribution is 5.79. The molecule has 47 heavy (non-hydrogen) atoms. The molecule has 4 saturated carbocycles. The molecular formula is C36H56O11. The van der Waals surface area contributed by atoms with E-state index in [1.165, 1.54) is 5.57 Å².